The van der Waals surface area contributed by atoms with E-state index in [1.165, 1.54) is 10.5 Å². The molecular formula is C10H17N3O3S. The monoisotopic (exact) mass is 259 g/mol. The summed E-state index contributed by atoms with van der Waals surface area (Å²) in [6.07, 6.45) is 2.81. The molecule has 0 radical (unpaired) electrons. The molecule has 1 aromatic heterocycles. The van der Waals surface area contributed by atoms with Crippen molar-refractivity contribution in [2.75, 3.05) is 26.3 Å². The summed E-state index contributed by atoms with van der Waals surface area (Å²) in [4.78, 5) is 6.87. The minimum Gasteiger partial charge on any atom is -0.380 e. The van der Waals surface area contributed by atoms with E-state index in [4.69, 9.17) is 4.74 Å². The molecule has 0 aromatic carbocycles. The van der Waals surface area contributed by atoms with Gasteiger partial charge >= 0.3 is 0 Å². The van der Waals surface area contributed by atoms with Crippen molar-refractivity contribution < 1.29 is 13.2 Å². The van der Waals surface area contributed by atoms with E-state index in [0.717, 1.165) is 6.42 Å². The molecule has 1 aliphatic heterocycles. The molecule has 0 unspecified atom stereocenters. The van der Waals surface area contributed by atoms with Gasteiger partial charge in [-0.25, -0.2) is 13.4 Å². The third-order valence-electron chi connectivity index (χ3n) is 2.74. The lowest BCUT2D eigenvalue weighted by Gasteiger charge is -2.17. The number of nitrogens with one attached hydrogen (secondary N) is 1. The first-order valence-electron chi connectivity index (χ1n) is 5.76. The molecule has 1 fully saturated rings. The van der Waals surface area contributed by atoms with Crippen LogP contribution >= 0.6 is 0 Å². The van der Waals surface area contributed by atoms with Crippen LogP contribution in [0.15, 0.2) is 11.2 Å². The Balaban J connectivity index is 2.22. The van der Waals surface area contributed by atoms with E-state index in [1.54, 1.807) is 0 Å². The average molecular weight is 259 g/mol. The number of imidazole rings is 1. The molecule has 2 rings (SSSR count). The van der Waals surface area contributed by atoms with Crippen LogP contribution in [0, 0.1) is 0 Å². The SMILES string of the molecule is CCc1ncc(S(=O)(=O)N2CCCOCC2)[nH]1. The Bertz CT molecular complexity index is 461. The molecule has 96 valence electrons. The number of hydrogen-bond acceptors (Lipinski definition) is 4. The second kappa shape index (κ2) is 5.16. The minimum absolute atomic E-state index is 0.177. The lowest BCUT2D eigenvalue weighted by molar-refractivity contribution is 0.148. The van der Waals surface area contributed by atoms with Crippen LogP contribution in [0.25, 0.3) is 0 Å². The molecule has 6 nitrogen and oxygen atoms in total. The fraction of sp³-hybridized carbons (Fsp3) is 0.700. The van der Waals surface area contributed by atoms with Crippen molar-refractivity contribution in [3.63, 3.8) is 0 Å². The van der Waals surface area contributed by atoms with Crippen LogP contribution in [-0.2, 0) is 21.2 Å². The maximum atomic E-state index is 12.3. The van der Waals surface area contributed by atoms with Gasteiger partial charge in [-0.15, -0.1) is 0 Å². The van der Waals surface area contributed by atoms with E-state index < -0.39 is 10.0 Å². The summed E-state index contributed by atoms with van der Waals surface area (Å²) < 4.78 is 31.2. The summed E-state index contributed by atoms with van der Waals surface area (Å²) in [5.41, 5.74) is 0. The van der Waals surface area contributed by atoms with Crippen molar-refractivity contribution >= 4 is 10.0 Å². The molecule has 7 heteroatoms. The number of sulfonamides is 1. The second-order valence-corrected chi connectivity index (χ2v) is 5.82. The molecule has 0 aliphatic carbocycles. The van der Waals surface area contributed by atoms with Gasteiger partial charge in [-0.05, 0) is 6.42 Å². The van der Waals surface area contributed by atoms with Crippen molar-refractivity contribution in [1.82, 2.24) is 14.3 Å². The van der Waals surface area contributed by atoms with Gasteiger partial charge in [0.2, 0.25) is 0 Å². The van der Waals surface area contributed by atoms with E-state index in [9.17, 15) is 8.42 Å². The molecule has 1 saturated heterocycles. The van der Waals surface area contributed by atoms with E-state index in [1.807, 2.05) is 6.92 Å². The lowest BCUT2D eigenvalue weighted by Crippen LogP contribution is -2.33. The Hall–Kier alpha value is -0.920. The molecule has 0 bridgehead atoms. The summed E-state index contributed by atoms with van der Waals surface area (Å²) in [5.74, 6) is 0.689. The van der Waals surface area contributed by atoms with Crippen molar-refractivity contribution in [2.24, 2.45) is 0 Å². The van der Waals surface area contributed by atoms with Gasteiger partial charge in [0.25, 0.3) is 10.0 Å². The fourth-order valence-corrected chi connectivity index (χ4v) is 3.15. The predicted octanol–water partition coefficient (Wildman–Crippen LogP) is 0.383. The smallest absolute Gasteiger partial charge is 0.260 e. The van der Waals surface area contributed by atoms with Crippen molar-refractivity contribution in [1.29, 1.82) is 0 Å². The molecule has 1 N–H and O–H groups in total. The number of ether oxygens (including phenoxy) is 1. The van der Waals surface area contributed by atoms with Gasteiger partial charge in [0.15, 0.2) is 5.03 Å². The Morgan fingerprint density at radius 2 is 2.29 bits per heavy atom. The number of H-pyrrole nitrogens is 1. The highest BCUT2D eigenvalue weighted by Gasteiger charge is 2.26. The largest absolute Gasteiger partial charge is 0.380 e. The maximum Gasteiger partial charge on any atom is 0.260 e. The first-order valence-corrected chi connectivity index (χ1v) is 7.20. The van der Waals surface area contributed by atoms with Crippen LogP contribution in [0.2, 0.25) is 0 Å². The zero-order chi connectivity index (χ0) is 12.3. The number of hydrogen-bond donors (Lipinski definition) is 1. The standard InChI is InChI=1S/C10H17N3O3S/c1-2-9-11-8-10(12-9)17(14,15)13-4-3-6-16-7-5-13/h8H,2-7H2,1H3,(H,11,12). The van der Waals surface area contributed by atoms with E-state index in [-0.39, 0.29) is 5.03 Å². The van der Waals surface area contributed by atoms with Gasteiger partial charge in [0.05, 0.1) is 12.8 Å². The molecule has 2 heterocycles. The van der Waals surface area contributed by atoms with Crippen LogP contribution in [0.1, 0.15) is 19.2 Å². The van der Waals surface area contributed by atoms with Crippen LogP contribution in [0.3, 0.4) is 0 Å². The second-order valence-electron chi connectivity index (χ2n) is 3.92. The normalized spacial score (nSPS) is 19.1. The van der Waals surface area contributed by atoms with Gasteiger partial charge in [-0.2, -0.15) is 4.31 Å². The quantitative estimate of drug-likeness (QED) is 0.851. The van der Waals surface area contributed by atoms with E-state index >= 15 is 0 Å². The molecule has 0 amide bonds. The Morgan fingerprint density at radius 1 is 1.47 bits per heavy atom. The van der Waals surface area contributed by atoms with Gasteiger partial charge in [0.1, 0.15) is 5.82 Å². The first-order chi connectivity index (χ1) is 8.14. The van der Waals surface area contributed by atoms with Gasteiger partial charge in [-0.1, -0.05) is 6.92 Å². The highest BCUT2D eigenvalue weighted by Crippen LogP contribution is 2.15. The van der Waals surface area contributed by atoms with E-state index in [2.05, 4.69) is 9.97 Å². The summed E-state index contributed by atoms with van der Waals surface area (Å²) in [5, 5.41) is 0.177. The third kappa shape index (κ3) is 2.67. The molecule has 1 aromatic rings. The predicted molar refractivity (Wildman–Crippen MR) is 62.2 cm³/mol. The topological polar surface area (TPSA) is 75.3 Å². The molecule has 1 aliphatic rings. The third-order valence-corrected chi connectivity index (χ3v) is 4.55. The molecule has 0 spiro atoms. The van der Waals surface area contributed by atoms with Crippen LogP contribution < -0.4 is 0 Å². The number of aryl methyl sites for hydroxylation is 1. The minimum atomic E-state index is -3.44. The van der Waals surface area contributed by atoms with E-state index in [0.29, 0.717) is 38.5 Å². The number of rotatable bonds is 3. The maximum absolute atomic E-state index is 12.3. The fourth-order valence-electron chi connectivity index (χ4n) is 1.76. The van der Waals surface area contributed by atoms with Crippen molar-refractivity contribution in [2.45, 2.75) is 24.8 Å². The lowest BCUT2D eigenvalue weighted by atomic mass is 10.5. The summed E-state index contributed by atoms with van der Waals surface area (Å²) in [7, 11) is -3.44. The number of aromatic nitrogens is 2. The Morgan fingerprint density at radius 3 is 3.00 bits per heavy atom. The molecular weight excluding hydrogens is 242 g/mol. The highest BCUT2D eigenvalue weighted by atomic mass is 32.2. The Kier molecular flexibility index (Phi) is 3.80. The average Bonchev–Trinajstić information content (AvgIpc) is 2.64. The van der Waals surface area contributed by atoms with Gasteiger partial charge in [-0.3, -0.25) is 0 Å². The highest BCUT2D eigenvalue weighted by molar-refractivity contribution is 7.89. The van der Waals surface area contributed by atoms with Crippen molar-refractivity contribution in [3.05, 3.63) is 12.0 Å². The zero-order valence-electron chi connectivity index (χ0n) is 9.85. The van der Waals surface area contributed by atoms with Crippen LogP contribution in [0.4, 0.5) is 0 Å². The zero-order valence-corrected chi connectivity index (χ0v) is 10.7. The number of aromatic amines is 1. The molecule has 0 saturated carbocycles. The molecule has 0 atom stereocenters. The van der Waals surface area contributed by atoms with Crippen molar-refractivity contribution in [3.8, 4) is 0 Å². The van der Waals surface area contributed by atoms with Crippen LogP contribution in [-0.4, -0.2) is 49.0 Å². The Labute approximate surface area is 101 Å². The summed E-state index contributed by atoms with van der Waals surface area (Å²) in [6.45, 7) is 3.91. The van der Waals surface area contributed by atoms with Crippen LogP contribution in [0.5, 0.6) is 0 Å². The number of nitrogens with zero attached hydrogens (tertiary/aromatic N) is 2. The van der Waals surface area contributed by atoms with Gasteiger partial charge < -0.3 is 9.72 Å². The summed E-state index contributed by atoms with van der Waals surface area (Å²) >= 11 is 0. The first kappa shape index (κ1) is 12.5. The van der Waals surface area contributed by atoms with Gasteiger partial charge in [0, 0.05) is 26.1 Å². The molecule has 17 heavy (non-hydrogen) atoms. The summed E-state index contributed by atoms with van der Waals surface area (Å²) in [6, 6.07) is 0.